The first-order valence-electron chi connectivity index (χ1n) is 7.40. The van der Waals surface area contributed by atoms with Crippen molar-refractivity contribution in [1.82, 2.24) is 4.90 Å². The van der Waals surface area contributed by atoms with E-state index in [-0.39, 0.29) is 0 Å². The van der Waals surface area contributed by atoms with Crippen molar-refractivity contribution in [2.45, 2.75) is 32.3 Å². The maximum absolute atomic E-state index is 10.3. The molecule has 1 saturated carbocycles. The van der Waals surface area contributed by atoms with E-state index in [1.54, 1.807) is 0 Å². The third-order valence-corrected chi connectivity index (χ3v) is 4.44. The number of aliphatic hydroxyl groups is 1. The van der Waals surface area contributed by atoms with E-state index in [4.69, 9.17) is 18.0 Å². The Morgan fingerprint density at radius 3 is 2.50 bits per heavy atom. The van der Waals surface area contributed by atoms with Crippen LogP contribution in [0.1, 0.15) is 43.4 Å². The number of hydrogen-bond donors (Lipinski definition) is 2. The lowest BCUT2D eigenvalue weighted by Crippen LogP contribution is -2.35. The molecule has 3 N–H and O–H groups in total. The molecule has 1 aliphatic rings. The smallest absolute Gasteiger partial charge is 0.103 e. The first kappa shape index (κ1) is 15.4. The summed E-state index contributed by atoms with van der Waals surface area (Å²) in [7, 11) is 0. The molecule has 110 valence electrons. The van der Waals surface area contributed by atoms with Crippen molar-refractivity contribution in [3.05, 3.63) is 35.4 Å². The largest absolute Gasteiger partial charge is 0.389 e. The Hall–Kier alpha value is -0.970. The van der Waals surface area contributed by atoms with Gasteiger partial charge in [0.25, 0.3) is 0 Å². The summed E-state index contributed by atoms with van der Waals surface area (Å²) in [5, 5.41) is 10.3. The zero-order chi connectivity index (χ0) is 14.5. The predicted octanol–water partition coefficient (Wildman–Crippen LogP) is 2.48. The fourth-order valence-electron chi connectivity index (χ4n) is 2.59. The van der Waals surface area contributed by atoms with Gasteiger partial charge in [0.15, 0.2) is 0 Å². The lowest BCUT2D eigenvalue weighted by atomic mass is 9.85. The van der Waals surface area contributed by atoms with Gasteiger partial charge >= 0.3 is 0 Å². The summed E-state index contributed by atoms with van der Waals surface area (Å²) in [6.45, 7) is 4.94. The van der Waals surface area contributed by atoms with E-state index in [0.717, 1.165) is 30.1 Å². The van der Waals surface area contributed by atoms with Gasteiger partial charge in [0.2, 0.25) is 0 Å². The molecular weight excluding hydrogens is 268 g/mol. The van der Waals surface area contributed by atoms with Crippen LogP contribution < -0.4 is 5.73 Å². The fourth-order valence-corrected chi connectivity index (χ4v) is 2.73. The number of nitrogens with zero attached hydrogens (tertiary/aromatic N) is 1. The number of aliphatic hydroxyl groups excluding tert-OH is 1. The van der Waals surface area contributed by atoms with E-state index < -0.39 is 6.10 Å². The monoisotopic (exact) mass is 292 g/mol. The van der Waals surface area contributed by atoms with Gasteiger partial charge < -0.3 is 15.7 Å². The molecule has 20 heavy (non-hydrogen) atoms. The van der Waals surface area contributed by atoms with Gasteiger partial charge in [0.05, 0.1) is 6.10 Å². The maximum Gasteiger partial charge on any atom is 0.103 e. The molecule has 3 nitrogen and oxygen atoms in total. The van der Waals surface area contributed by atoms with Gasteiger partial charge in [0, 0.05) is 18.7 Å². The third-order valence-electron chi connectivity index (χ3n) is 4.20. The van der Waals surface area contributed by atoms with Crippen molar-refractivity contribution in [2.75, 3.05) is 19.6 Å². The van der Waals surface area contributed by atoms with Crippen LogP contribution in [0.3, 0.4) is 0 Å². The average molecular weight is 292 g/mol. The molecule has 0 spiro atoms. The number of nitrogens with two attached hydrogens (primary N) is 1. The molecule has 1 fully saturated rings. The molecule has 1 unspecified atom stereocenters. The molecule has 0 amide bonds. The fraction of sp³-hybridized carbons (Fsp3) is 0.562. The molecule has 0 aliphatic heterocycles. The van der Waals surface area contributed by atoms with Gasteiger partial charge in [-0.2, -0.15) is 0 Å². The van der Waals surface area contributed by atoms with Gasteiger partial charge in [-0.3, -0.25) is 0 Å². The van der Waals surface area contributed by atoms with Crippen LogP contribution in [0, 0.1) is 5.92 Å². The summed E-state index contributed by atoms with van der Waals surface area (Å²) in [6.07, 6.45) is 3.60. The number of hydrogen-bond acceptors (Lipinski definition) is 3. The minimum absolute atomic E-state index is 0.395. The molecule has 0 heterocycles. The van der Waals surface area contributed by atoms with Crippen LogP contribution in [0.25, 0.3) is 0 Å². The zero-order valence-corrected chi connectivity index (χ0v) is 12.9. The molecule has 0 radical (unpaired) electrons. The second-order valence-corrected chi connectivity index (χ2v) is 6.09. The van der Waals surface area contributed by atoms with E-state index in [1.807, 2.05) is 24.3 Å². The molecule has 1 atom stereocenters. The lowest BCUT2D eigenvalue weighted by Gasteiger charge is -2.32. The molecule has 1 aliphatic carbocycles. The maximum atomic E-state index is 10.3. The molecule has 1 aromatic rings. The van der Waals surface area contributed by atoms with Crippen molar-refractivity contribution in [1.29, 1.82) is 0 Å². The lowest BCUT2D eigenvalue weighted by molar-refractivity contribution is 0.0941. The van der Waals surface area contributed by atoms with Crippen LogP contribution in [-0.4, -0.2) is 34.6 Å². The van der Waals surface area contributed by atoms with Crippen molar-refractivity contribution in [2.24, 2.45) is 11.7 Å². The van der Waals surface area contributed by atoms with Crippen LogP contribution in [-0.2, 0) is 0 Å². The van der Waals surface area contributed by atoms with Gasteiger partial charge in [-0.25, -0.2) is 0 Å². The van der Waals surface area contributed by atoms with E-state index in [2.05, 4.69) is 11.8 Å². The molecular formula is C16H24N2OS. The highest BCUT2D eigenvalue weighted by Crippen LogP contribution is 2.27. The van der Waals surface area contributed by atoms with Crippen molar-refractivity contribution < 1.29 is 5.11 Å². The second-order valence-electron chi connectivity index (χ2n) is 5.65. The minimum Gasteiger partial charge on any atom is -0.389 e. The van der Waals surface area contributed by atoms with Crippen molar-refractivity contribution in [3.8, 4) is 0 Å². The Morgan fingerprint density at radius 2 is 2.05 bits per heavy atom. The van der Waals surface area contributed by atoms with Gasteiger partial charge in [-0.1, -0.05) is 49.8 Å². The summed E-state index contributed by atoms with van der Waals surface area (Å²) >= 11 is 4.93. The van der Waals surface area contributed by atoms with Crippen molar-refractivity contribution in [3.63, 3.8) is 0 Å². The molecule has 1 aromatic carbocycles. The number of thiocarbonyl (C=S) groups is 1. The first-order chi connectivity index (χ1) is 9.60. The van der Waals surface area contributed by atoms with Crippen LogP contribution in [0.4, 0.5) is 0 Å². The van der Waals surface area contributed by atoms with Crippen molar-refractivity contribution >= 4 is 17.2 Å². The quantitative estimate of drug-likeness (QED) is 0.758. The SMILES string of the molecule is CCN(CC1CCC1)CC(O)c1ccc(C(N)=S)cc1. The van der Waals surface area contributed by atoms with E-state index in [0.29, 0.717) is 11.5 Å². The van der Waals surface area contributed by atoms with Gasteiger partial charge in [-0.15, -0.1) is 0 Å². The summed E-state index contributed by atoms with van der Waals surface area (Å²) in [6, 6.07) is 7.58. The highest BCUT2D eigenvalue weighted by Gasteiger charge is 2.21. The zero-order valence-electron chi connectivity index (χ0n) is 12.1. The molecule has 0 saturated heterocycles. The summed E-state index contributed by atoms with van der Waals surface area (Å²) in [4.78, 5) is 2.74. The topological polar surface area (TPSA) is 49.5 Å². The Bertz CT molecular complexity index is 442. The minimum atomic E-state index is -0.449. The Morgan fingerprint density at radius 1 is 1.40 bits per heavy atom. The second kappa shape index (κ2) is 7.16. The molecule has 0 aromatic heterocycles. The average Bonchev–Trinajstić information content (AvgIpc) is 2.41. The Balaban J connectivity index is 1.91. The van der Waals surface area contributed by atoms with Crippen LogP contribution in [0.5, 0.6) is 0 Å². The summed E-state index contributed by atoms with van der Waals surface area (Å²) in [5.41, 5.74) is 7.35. The van der Waals surface area contributed by atoms with E-state index in [9.17, 15) is 5.11 Å². The molecule has 0 bridgehead atoms. The normalized spacial score (nSPS) is 16.9. The van der Waals surface area contributed by atoms with Crippen LogP contribution in [0.2, 0.25) is 0 Å². The summed E-state index contributed by atoms with van der Waals surface area (Å²) < 4.78 is 0. The van der Waals surface area contributed by atoms with Gasteiger partial charge in [0.1, 0.15) is 4.99 Å². The number of rotatable bonds is 7. The predicted molar refractivity (Wildman–Crippen MR) is 86.7 cm³/mol. The summed E-state index contributed by atoms with van der Waals surface area (Å²) in [5.74, 6) is 0.833. The van der Waals surface area contributed by atoms with Gasteiger partial charge in [-0.05, 0) is 30.9 Å². The first-order valence-corrected chi connectivity index (χ1v) is 7.81. The highest BCUT2D eigenvalue weighted by molar-refractivity contribution is 7.80. The highest BCUT2D eigenvalue weighted by atomic mass is 32.1. The van der Waals surface area contributed by atoms with E-state index in [1.165, 1.54) is 19.3 Å². The Kier molecular flexibility index (Phi) is 5.52. The number of benzene rings is 1. The Labute approximate surface area is 126 Å². The van der Waals surface area contributed by atoms with E-state index >= 15 is 0 Å². The van der Waals surface area contributed by atoms with Crippen LogP contribution >= 0.6 is 12.2 Å². The van der Waals surface area contributed by atoms with Crippen LogP contribution in [0.15, 0.2) is 24.3 Å². The molecule has 2 rings (SSSR count). The molecule has 4 heteroatoms. The standard InChI is InChI=1S/C16H24N2OS/c1-2-18(10-12-4-3-5-12)11-15(19)13-6-8-14(9-7-13)16(17)20/h6-9,12,15,19H,2-5,10-11H2,1H3,(H2,17,20). The number of likely N-dealkylation sites (N-methyl/N-ethyl adjacent to an activating group) is 1. The third kappa shape index (κ3) is 4.01.